The average molecular weight is 402 g/mol. The maximum absolute atomic E-state index is 12.4. The topological polar surface area (TPSA) is 101 Å². The third kappa shape index (κ3) is 4.30. The Morgan fingerprint density at radius 1 is 1.13 bits per heavy atom. The molecule has 0 unspecified atom stereocenters. The maximum atomic E-state index is 12.4. The lowest BCUT2D eigenvalue weighted by atomic mass is 10.1. The van der Waals surface area contributed by atoms with Crippen molar-refractivity contribution in [3.63, 3.8) is 0 Å². The van der Waals surface area contributed by atoms with E-state index < -0.39 is 0 Å². The van der Waals surface area contributed by atoms with Crippen molar-refractivity contribution in [2.45, 2.75) is 33.1 Å². The summed E-state index contributed by atoms with van der Waals surface area (Å²) in [5.41, 5.74) is 3.76. The molecule has 0 aliphatic carbocycles. The predicted molar refractivity (Wildman–Crippen MR) is 115 cm³/mol. The molecule has 0 radical (unpaired) electrons. The highest BCUT2D eigenvalue weighted by Gasteiger charge is 2.14. The second kappa shape index (κ2) is 8.32. The number of fused-ring (bicyclic) bond motifs is 1. The summed E-state index contributed by atoms with van der Waals surface area (Å²) in [6.45, 7) is 3.92. The Kier molecular flexibility index (Phi) is 5.43. The smallest absolute Gasteiger partial charge is 0.259 e. The van der Waals surface area contributed by atoms with Crippen LogP contribution in [0, 0.1) is 13.8 Å². The number of hydrogen-bond donors (Lipinski definition) is 2. The Labute approximate surface area is 173 Å². The first-order valence-electron chi connectivity index (χ1n) is 9.82. The molecule has 0 saturated heterocycles. The molecule has 0 fully saturated rings. The molecule has 2 N–H and O–H groups in total. The predicted octanol–water partition coefficient (Wildman–Crippen LogP) is 4.16. The molecule has 4 aromatic rings. The van der Waals surface area contributed by atoms with Crippen molar-refractivity contribution in [2.24, 2.45) is 0 Å². The Morgan fingerprint density at radius 2 is 1.97 bits per heavy atom. The number of anilines is 1. The van der Waals surface area contributed by atoms with Gasteiger partial charge in [-0.25, -0.2) is 0 Å². The first kappa shape index (κ1) is 19.6. The van der Waals surface area contributed by atoms with Gasteiger partial charge < -0.3 is 14.8 Å². The first-order chi connectivity index (χ1) is 14.5. The van der Waals surface area contributed by atoms with Crippen LogP contribution in [0.4, 0.5) is 5.69 Å². The minimum atomic E-state index is -0.266. The summed E-state index contributed by atoms with van der Waals surface area (Å²) in [5, 5.41) is 7.74. The zero-order chi connectivity index (χ0) is 21.1. The Morgan fingerprint density at radius 3 is 2.80 bits per heavy atom. The van der Waals surface area contributed by atoms with Crippen molar-refractivity contribution in [1.82, 2.24) is 15.1 Å². The third-order valence-electron chi connectivity index (χ3n) is 4.92. The number of pyridine rings is 1. The van der Waals surface area contributed by atoms with E-state index in [0.29, 0.717) is 30.7 Å². The fourth-order valence-corrected chi connectivity index (χ4v) is 3.27. The van der Waals surface area contributed by atoms with Gasteiger partial charge in [0.1, 0.15) is 0 Å². The first-order valence-corrected chi connectivity index (χ1v) is 9.82. The highest BCUT2D eigenvalue weighted by Crippen LogP contribution is 2.19. The number of nitrogens with one attached hydrogen (secondary N) is 2. The molecule has 2 aromatic carbocycles. The summed E-state index contributed by atoms with van der Waals surface area (Å²) < 4.78 is 5.28. The fraction of sp³-hybridized carbons (Fsp3) is 0.217. The van der Waals surface area contributed by atoms with Crippen molar-refractivity contribution >= 4 is 22.5 Å². The number of aromatic amines is 1. The Balaban J connectivity index is 1.40. The van der Waals surface area contributed by atoms with E-state index in [1.54, 1.807) is 6.07 Å². The van der Waals surface area contributed by atoms with E-state index >= 15 is 0 Å². The van der Waals surface area contributed by atoms with Crippen molar-refractivity contribution in [3.8, 4) is 11.4 Å². The van der Waals surface area contributed by atoms with Gasteiger partial charge in [0.15, 0.2) is 0 Å². The van der Waals surface area contributed by atoms with Gasteiger partial charge in [-0.15, -0.1) is 0 Å². The highest BCUT2D eigenvalue weighted by molar-refractivity contribution is 5.91. The molecular formula is C23H22N4O3. The van der Waals surface area contributed by atoms with Gasteiger partial charge in [0.25, 0.3) is 5.56 Å². The second-order valence-electron chi connectivity index (χ2n) is 7.33. The van der Waals surface area contributed by atoms with E-state index in [1.807, 2.05) is 56.3 Å². The molecule has 0 atom stereocenters. The quantitative estimate of drug-likeness (QED) is 0.504. The average Bonchev–Trinajstić information content (AvgIpc) is 3.18. The number of hydrogen-bond acceptors (Lipinski definition) is 5. The van der Waals surface area contributed by atoms with Gasteiger partial charge in [-0.05, 0) is 55.0 Å². The van der Waals surface area contributed by atoms with Crippen LogP contribution in [0.5, 0.6) is 0 Å². The van der Waals surface area contributed by atoms with Crippen LogP contribution in [0.25, 0.3) is 22.3 Å². The van der Waals surface area contributed by atoms with Crippen LogP contribution in [0.3, 0.4) is 0 Å². The van der Waals surface area contributed by atoms with Crippen molar-refractivity contribution in [3.05, 3.63) is 75.9 Å². The number of H-pyrrole nitrogens is 1. The Hall–Kier alpha value is -3.74. The van der Waals surface area contributed by atoms with Crippen molar-refractivity contribution in [2.75, 3.05) is 5.32 Å². The van der Waals surface area contributed by atoms with E-state index in [-0.39, 0.29) is 17.3 Å². The standard InChI is InChI=1S/C23H22N4O3/c1-14-10-11-16-13-17(23(29)25-19(16)12-14)22-26-21(30-27-22)9-5-8-20(28)24-18-7-4-3-6-15(18)2/h3-4,6-7,10-13H,5,8-9H2,1-2H3,(H,24,28)(H,25,29). The molecule has 0 aliphatic rings. The van der Waals surface area contributed by atoms with Crippen LogP contribution < -0.4 is 10.9 Å². The van der Waals surface area contributed by atoms with Gasteiger partial charge in [0.05, 0.1) is 5.56 Å². The minimum Gasteiger partial charge on any atom is -0.339 e. The summed E-state index contributed by atoms with van der Waals surface area (Å²) in [4.78, 5) is 31.8. The molecule has 4 rings (SSSR count). The van der Waals surface area contributed by atoms with Crippen molar-refractivity contribution < 1.29 is 9.32 Å². The van der Waals surface area contributed by atoms with Crippen LogP contribution in [0.2, 0.25) is 0 Å². The molecule has 1 amide bonds. The van der Waals surface area contributed by atoms with E-state index in [0.717, 1.165) is 27.7 Å². The van der Waals surface area contributed by atoms with Crippen LogP contribution in [-0.4, -0.2) is 21.0 Å². The number of para-hydroxylation sites is 1. The van der Waals surface area contributed by atoms with Gasteiger partial charge >= 0.3 is 0 Å². The third-order valence-corrected chi connectivity index (χ3v) is 4.92. The number of carbonyl (C=O) groups is 1. The summed E-state index contributed by atoms with van der Waals surface area (Å²) >= 11 is 0. The number of amides is 1. The molecule has 152 valence electrons. The van der Waals surface area contributed by atoms with Gasteiger partial charge in [-0.1, -0.05) is 35.5 Å². The number of aryl methyl sites for hydroxylation is 3. The van der Waals surface area contributed by atoms with E-state index in [1.165, 1.54) is 0 Å². The van der Waals surface area contributed by atoms with Gasteiger partial charge in [-0.3, -0.25) is 9.59 Å². The van der Waals surface area contributed by atoms with E-state index in [2.05, 4.69) is 20.4 Å². The monoisotopic (exact) mass is 402 g/mol. The van der Waals surface area contributed by atoms with Crippen LogP contribution in [0.15, 0.2) is 57.8 Å². The lowest BCUT2D eigenvalue weighted by Crippen LogP contribution is -2.12. The van der Waals surface area contributed by atoms with Gasteiger partial charge in [-0.2, -0.15) is 4.98 Å². The summed E-state index contributed by atoms with van der Waals surface area (Å²) in [6.07, 6.45) is 1.35. The largest absolute Gasteiger partial charge is 0.339 e. The molecule has 30 heavy (non-hydrogen) atoms. The summed E-state index contributed by atoms with van der Waals surface area (Å²) in [5.74, 6) is 0.584. The fourth-order valence-electron chi connectivity index (χ4n) is 3.27. The maximum Gasteiger partial charge on any atom is 0.259 e. The SMILES string of the molecule is Cc1ccc2cc(-c3noc(CCCC(=O)Nc4ccccc4C)n3)c(=O)[nH]c2c1. The number of nitrogens with zero attached hydrogens (tertiary/aromatic N) is 2. The second-order valence-corrected chi connectivity index (χ2v) is 7.33. The van der Waals surface area contributed by atoms with Crippen LogP contribution in [-0.2, 0) is 11.2 Å². The van der Waals surface area contributed by atoms with Crippen molar-refractivity contribution in [1.29, 1.82) is 0 Å². The summed E-state index contributed by atoms with van der Waals surface area (Å²) in [6, 6.07) is 15.2. The van der Waals surface area contributed by atoms with Gasteiger partial charge in [0, 0.05) is 24.0 Å². The Bertz CT molecular complexity index is 1270. The molecule has 0 spiro atoms. The zero-order valence-corrected chi connectivity index (χ0v) is 16.9. The minimum absolute atomic E-state index is 0.0645. The van der Waals surface area contributed by atoms with E-state index in [4.69, 9.17) is 4.52 Å². The van der Waals surface area contributed by atoms with Gasteiger partial charge in [0.2, 0.25) is 17.6 Å². The number of aromatic nitrogens is 3. The molecule has 0 bridgehead atoms. The number of carbonyl (C=O) groups excluding carboxylic acids is 1. The highest BCUT2D eigenvalue weighted by atomic mass is 16.5. The molecule has 0 saturated carbocycles. The molecule has 0 aliphatic heterocycles. The molecule has 2 aromatic heterocycles. The molecule has 2 heterocycles. The normalized spacial score (nSPS) is 11.0. The van der Waals surface area contributed by atoms with E-state index in [9.17, 15) is 9.59 Å². The lowest BCUT2D eigenvalue weighted by Gasteiger charge is -2.07. The zero-order valence-electron chi connectivity index (χ0n) is 16.9. The van der Waals surface area contributed by atoms with Crippen LogP contribution >= 0.6 is 0 Å². The molecule has 7 heteroatoms. The molecule has 7 nitrogen and oxygen atoms in total. The summed E-state index contributed by atoms with van der Waals surface area (Å²) in [7, 11) is 0. The lowest BCUT2D eigenvalue weighted by molar-refractivity contribution is -0.116. The molecular weight excluding hydrogens is 380 g/mol. The number of benzene rings is 2. The van der Waals surface area contributed by atoms with Crippen LogP contribution in [0.1, 0.15) is 29.9 Å². The number of rotatable bonds is 6.